The molecular formula is C52H41N3S. The first kappa shape index (κ1) is 33.9. The summed E-state index contributed by atoms with van der Waals surface area (Å²) in [5, 5.41) is 5.05. The molecule has 0 N–H and O–H groups in total. The first-order valence-corrected chi connectivity index (χ1v) is 20.2. The molecule has 0 aliphatic carbocycles. The van der Waals surface area contributed by atoms with Crippen molar-refractivity contribution in [2.45, 2.75) is 24.8 Å². The summed E-state index contributed by atoms with van der Waals surface area (Å²) >= 11 is 1.86. The number of para-hydroxylation sites is 3. The number of benzene rings is 7. The fourth-order valence-electron chi connectivity index (χ4n) is 8.76. The molecule has 0 amide bonds. The molecule has 1 aliphatic rings. The molecule has 4 heteroatoms. The number of thiophene rings is 1. The minimum atomic E-state index is -0.00216. The summed E-state index contributed by atoms with van der Waals surface area (Å²) in [7, 11) is 0. The molecule has 2 aromatic heterocycles. The van der Waals surface area contributed by atoms with Crippen molar-refractivity contribution in [2.24, 2.45) is 0 Å². The maximum atomic E-state index is 4.36. The van der Waals surface area contributed by atoms with Crippen LogP contribution in [0.2, 0.25) is 0 Å². The van der Waals surface area contributed by atoms with Gasteiger partial charge < -0.3 is 14.4 Å². The average Bonchev–Trinajstić information content (AvgIpc) is 3.79. The van der Waals surface area contributed by atoms with Crippen LogP contribution in [0.15, 0.2) is 201 Å². The zero-order valence-electron chi connectivity index (χ0n) is 31.1. The number of hydrogen-bond donors (Lipinski definition) is 0. The Bertz CT molecular complexity index is 2930. The number of aryl methyl sites for hydroxylation is 1. The number of anilines is 4. The molecule has 3 nitrogen and oxygen atoms in total. The Hall–Kier alpha value is -6.62. The number of nitrogens with zero attached hydrogens (tertiary/aromatic N) is 3. The van der Waals surface area contributed by atoms with Gasteiger partial charge in [0.2, 0.25) is 0 Å². The van der Waals surface area contributed by atoms with Gasteiger partial charge in [0.1, 0.15) is 0 Å². The molecule has 2 unspecified atom stereocenters. The summed E-state index contributed by atoms with van der Waals surface area (Å²) < 4.78 is 4.99. The third kappa shape index (κ3) is 5.73. The normalized spacial score (nSPS) is 16.3. The number of rotatable bonds is 7. The van der Waals surface area contributed by atoms with Crippen LogP contribution in [0.5, 0.6) is 0 Å². The van der Waals surface area contributed by atoms with E-state index in [4.69, 9.17) is 0 Å². The Morgan fingerprint density at radius 1 is 0.571 bits per heavy atom. The van der Waals surface area contributed by atoms with Gasteiger partial charge in [0.05, 0.1) is 17.1 Å². The van der Waals surface area contributed by atoms with Crippen LogP contribution in [0.1, 0.15) is 23.5 Å². The largest absolute Gasteiger partial charge is 0.340 e. The topological polar surface area (TPSA) is 11.4 Å². The molecule has 10 rings (SSSR count). The zero-order chi connectivity index (χ0) is 37.6. The first-order chi connectivity index (χ1) is 27.7. The van der Waals surface area contributed by atoms with Gasteiger partial charge in [-0.3, -0.25) is 0 Å². The molecule has 7 aromatic carbocycles. The van der Waals surface area contributed by atoms with E-state index in [1.54, 1.807) is 0 Å². The minimum absolute atomic E-state index is 0.00216. The highest BCUT2D eigenvalue weighted by Gasteiger charge is 2.27. The lowest BCUT2D eigenvalue weighted by molar-refractivity contribution is 0.689. The van der Waals surface area contributed by atoms with Gasteiger partial charge in [0.15, 0.2) is 0 Å². The molecule has 0 saturated carbocycles. The summed E-state index contributed by atoms with van der Waals surface area (Å²) in [6.07, 6.45) is 10.5. The van der Waals surface area contributed by atoms with Crippen molar-refractivity contribution in [1.29, 1.82) is 0 Å². The number of fused-ring (bicyclic) bond motifs is 8. The van der Waals surface area contributed by atoms with Gasteiger partial charge in [-0.2, -0.15) is 0 Å². The first-order valence-electron chi connectivity index (χ1n) is 19.4. The predicted molar refractivity (Wildman–Crippen MR) is 242 cm³/mol. The van der Waals surface area contributed by atoms with Crippen LogP contribution >= 0.6 is 11.3 Å². The molecule has 2 bridgehead atoms. The van der Waals surface area contributed by atoms with E-state index in [0.717, 1.165) is 35.6 Å². The Kier molecular flexibility index (Phi) is 8.61. The quantitative estimate of drug-likeness (QED) is 0.151. The highest BCUT2D eigenvalue weighted by molar-refractivity contribution is 7.25. The molecule has 1 aliphatic heterocycles. The van der Waals surface area contributed by atoms with Gasteiger partial charge in [0.25, 0.3) is 0 Å². The second-order valence-corrected chi connectivity index (χ2v) is 15.6. The molecule has 2 atom stereocenters. The zero-order valence-corrected chi connectivity index (χ0v) is 31.9. The van der Waals surface area contributed by atoms with Crippen LogP contribution in [-0.2, 0) is 6.42 Å². The van der Waals surface area contributed by atoms with E-state index in [0.29, 0.717) is 0 Å². The van der Waals surface area contributed by atoms with Crippen molar-refractivity contribution >= 4 is 76.1 Å². The van der Waals surface area contributed by atoms with Gasteiger partial charge in [-0.1, -0.05) is 103 Å². The molecule has 270 valence electrons. The lowest BCUT2D eigenvalue weighted by Crippen LogP contribution is -2.34. The molecule has 3 heterocycles. The Morgan fingerprint density at radius 2 is 1.23 bits per heavy atom. The van der Waals surface area contributed by atoms with E-state index < -0.39 is 0 Å². The monoisotopic (exact) mass is 739 g/mol. The maximum Gasteiger partial charge on any atom is 0.0616 e. The minimum Gasteiger partial charge on any atom is -0.340 e. The molecule has 0 spiro atoms. The SMILES string of the molecule is C=CC1c2ccc(N(c3ccc4sc5ccccc5c4c3)c3ccc4c(c3)c3ccccc3n4-c3ccccc3)c(c2)CC/C=C/N(c2ccccc2)C1C=C. The Balaban J connectivity index is 1.18. The van der Waals surface area contributed by atoms with Crippen molar-refractivity contribution in [2.75, 3.05) is 9.80 Å². The highest BCUT2D eigenvalue weighted by Crippen LogP contribution is 2.45. The lowest BCUT2D eigenvalue weighted by Gasteiger charge is -2.35. The van der Waals surface area contributed by atoms with Crippen LogP contribution in [0, 0.1) is 0 Å². The van der Waals surface area contributed by atoms with Gasteiger partial charge in [-0.15, -0.1) is 24.5 Å². The van der Waals surface area contributed by atoms with E-state index in [2.05, 4.69) is 216 Å². The van der Waals surface area contributed by atoms with Crippen LogP contribution in [0.25, 0.3) is 47.7 Å². The third-order valence-electron chi connectivity index (χ3n) is 11.4. The van der Waals surface area contributed by atoms with Crippen LogP contribution in [0.4, 0.5) is 22.7 Å². The van der Waals surface area contributed by atoms with Crippen LogP contribution < -0.4 is 9.80 Å². The second-order valence-electron chi connectivity index (χ2n) is 14.5. The molecular weight excluding hydrogens is 699 g/mol. The van der Waals surface area contributed by atoms with E-state index >= 15 is 0 Å². The van der Waals surface area contributed by atoms with Crippen molar-refractivity contribution in [3.05, 3.63) is 213 Å². The van der Waals surface area contributed by atoms with Crippen LogP contribution in [-0.4, -0.2) is 10.6 Å². The van der Waals surface area contributed by atoms with Crippen molar-refractivity contribution in [3.8, 4) is 5.69 Å². The number of aromatic nitrogens is 1. The van der Waals surface area contributed by atoms with E-state index in [1.807, 2.05) is 11.3 Å². The Morgan fingerprint density at radius 3 is 2.02 bits per heavy atom. The third-order valence-corrected chi connectivity index (χ3v) is 12.5. The van der Waals surface area contributed by atoms with Gasteiger partial charge in [0, 0.05) is 71.5 Å². The average molecular weight is 740 g/mol. The van der Waals surface area contributed by atoms with Crippen molar-refractivity contribution in [1.82, 2.24) is 4.57 Å². The molecule has 0 saturated heterocycles. The fourth-order valence-corrected chi connectivity index (χ4v) is 9.84. The summed E-state index contributed by atoms with van der Waals surface area (Å²) in [4.78, 5) is 4.82. The fraction of sp³-hybridized carbons (Fsp3) is 0.0769. The van der Waals surface area contributed by atoms with E-state index in [-0.39, 0.29) is 12.0 Å². The predicted octanol–water partition coefficient (Wildman–Crippen LogP) is 14.4. The second kappa shape index (κ2) is 14.2. The van der Waals surface area contributed by atoms with E-state index in [9.17, 15) is 0 Å². The summed E-state index contributed by atoms with van der Waals surface area (Å²) in [5.74, 6) is 0.0330. The summed E-state index contributed by atoms with van der Waals surface area (Å²) in [6.45, 7) is 8.69. The van der Waals surface area contributed by atoms with Crippen molar-refractivity contribution < 1.29 is 0 Å². The van der Waals surface area contributed by atoms with Gasteiger partial charge in [-0.25, -0.2) is 0 Å². The van der Waals surface area contributed by atoms with Gasteiger partial charge >= 0.3 is 0 Å². The maximum absolute atomic E-state index is 4.36. The summed E-state index contributed by atoms with van der Waals surface area (Å²) in [6, 6.07) is 59.9. The summed E-state index contributed by atoms with van der Waals surface area (Å²) in [5.41, 5.74) is 10.7. The van der Waals surface area contributed by atoms with E-state index in [1.165, 1.54) is 58.8 Å². The van der Waals surface area contributed by atoms with Gasteiger partial charge in [-0.05, 0) is 103 Å². The Labute approximate surface area is 332 Å². The standard InChI is InChI=1S/C52H41N3S/c1-3-42-36-26-29-48(37(33-36)17-15-16-32-53(47(42)4-2)38-18-7-5-8-19-38)54(41-28-31-52-46(35-41)44-23-12-14-25-51(44)56-52)40-27-30-50-45(34-40)43-22-11-13-24-49(43)55(50)39-20-9-6-10-21-39/h3-14,16,18-35,42,47H,1-2,15,17H2/b32-16+. The molecule has 0 fully saturated rings. The van der Waals surface area contributed by atoms with Crippen LogP contribution in [0.3, 0.4) is 0 Å². The number of hydrogen-bond acceptors (Lipinski definition) is 3. The number of allylic oxidation sites excluding steroid dienone is 1. The highest BCUT2D eigenvalue weighted by atomic mass is 32.1. The molecule has 9 aromatic rings. The molecule has 0 radical (unpaired) electrons. The lowest BCUT2D eigenvalue weighted by atomic mass is 9.87. The molecule has 56 heavy (non-hydrogen) atoms. The van der Waals surface area contributed by atoms with Crippen molar-refractivity contribution in [3.63, 3.8) is 0 Å². The smallest absolute Gasteiger partial charge is 0.0616 e.